The molecule has 0 saturated carbocycles. The lowest BCUT2D eigenvalue weighted by Gasteiger charge is -2.37. The van der Waals surface area contributed by atoms with E-state index >= 15 is 0 Å². The van der Waals surface area contributed by atoms with Crippen LogP contribution in [0.2, 0.25) is 0 Å². The summed E-state index contributed by atoms with van der Waals surface area (Å²) < 4.78 is 0. The number of likely N-dealkylation sites (tertiary alicyclic amines) is 1. The molecular formula is C10H19N5. The third-order valence-electron chi connectivity index (χ3n) is 2.72. The van der Waals surface area contributed by atoms with Crippen molar-refractivity contribution in [2.45, 2.75) is 32.0 Å². The third kappa shape index (κ3) is 2.41. The fourth-order valence-electron chi connectivity index (χ4n) is 2.07. The number of rotatable bonds is 1. The Morgan fingerprint density at radius 1 is 1.40 bits per heavy atom. The van der Waals surface area contributed by atoms with Crippen LogP contribution in [0.5, 0.6) is 0 Å². The molecule has 84 valence electrons. The number of nitrogens with two attached hydrogens (primary N) is 2. The molecule has 1 fully saturated rings. The SMILES string of the molecule is CC1(N)N=C(N)C=C(N2CCCCC2)N1. The van der Waals surface area contributed by atoms with Gasteiger partial charge in [0.25, 0.3) is 0 Å². The predicted molar refractivity (Wildman–Crippen MR) is 60.9 cm³/mol. The first-order chi connectivity index (χ1) is 7.07. The molecule has 2 heterocycles. The molecule has 2 rings (SSSR count). The summed E-state index contributed by atoms with van der Waals surface area (Å²) in [5.41, 5.74) is 11.7. The number of hydrogen-bond donors (Lipinski definition) is 3. The summed E-state index contributed by atoms with van der Waals surface area (Å²) in [6, 6.07) is 0. The molecule has 0 aliphatic carbocycles. The molecule has 1 unspecified atom stereocenters. The van der Waals surface area contributed by atoms with Gasteiger partial charge in [0.1, 0.15) is 11.7 Å². The minimum absolute atomic E-state index is 0.499. The molecule has 2 aliphatic rings. The van der Waals surface area contributed by atoms with E-state index < -0.39 is 5.79 Å². The van der Waals surface area contributed by atoms with E-state index in [9.17, 15) is 0 Å². The van der Waals surface area contributed by atoms with E-state index in [4.69, 9.17) is 11.5 Å². The second kappa shape index (κ2) is 3.73. The molecule has 5 nitrogen and oxygen atoms in total. The molecule has 0 amide bonds. The summed E-state index contributed by atoms with van der Waals surface area (Å²) in [5, 5.41) is 3.19. The first-order valence-electron chi connectivity index (χ1n) is 5.46. The molecular weight excluding hydrogens is 190 g/mol. The lowest BCUT2D eigenvalue weighted by atomic mass is 10.1. The van der Waals surface area contributed by atoms with Crippen molar-refractivity contribution in [1.29, 1.82) is 0 Å². The van der Waals surface area contributed by atoms with Crippen LogP contribution in [0.1, 0.15) is 26.2 Å². The fraction of sp³-hybridized carbons (Fsp3) is 0.700. The number of amidine groups is 1. The van der Waals surface area contributed by atoms with Gasteiger partial charge in [-0.1, -0.05) is 0 Å². The maximum absolute atomic E-state index is 5.92. The number of hydrogen-bond acceptors (Lipinski definition) is 5. The Morgan fingerprint density at radius 2 is 2.07 bits per heavy atom. The predicted octanol–water partition coefficient (Wildman–Crippen LogP) is -0.0935. The van der Waals surface area contributed by atoms with Gasteiger partial charge in [-0.25, -0.2) is 4.99 Å². The van der Waals surface area contributed by atoms with Crippen LogP contribution in [0.3, 0.4) is 0 Å². The summed E-state index contributed by atoms with van der Waals surface area (Å²) in [7, 11) is 0. The van der Waals surface area contributed by atoms with Crippen LogP contribution in [0.25, 0.3) is 0 Å². The first-order valence-corrected chi connectivity index (χ1v) is 5.46. The molecule has 0 bridgehead atoms. The molecule has 1 atom stereocenters. The minimum atomic E-state index is -0.772. The van der Waals surface area contributed by atoms with Crippen LogP contribution in [0, 0.1) is 0 Å². The summed E-state index contributed by atoms with van der Waals surface area (Å²) in [6.45, 7) is 3.96. The van der Waals surface area contributed by atoms with Crippen molar-refractivity contribution >= 4 is 5.84 Å². The quantitative estimate of drug-likeness (QED) is 0.564. The minimum Gasteiger partial charge on any atom is -0.384 e. The van der Waals surface area contributed by atoms with Crippen LogP contribution < -0.4 is 16.8 Å². The molecule has 2 aliphatic heterocycles. The molecule has 5 heteroatoms. The standard InChI is InChI=1S/C10H19N5/c1-10(12)13-8(11)7-9(14-10)15-5-3-2-4-6-15/h7,14H,2-6,12H2,1H3,(H2,11,13). The van der Waals surface area contributed by atoms with Crippen molar-refractivity contribution in [3.8, 4) is 0 Å². The molecule has 15 heavy (non-hydrogen) atoms. The highest BCUT2D eigenvalue weighted by Gasteiger charge is 2.25. The first kappa shape index (κ1) is 10.3. The van der Waals surface area contributed by atoms with E-state index in [2.05, 4.69) is 15.2 Å². The van der Waals surface area contributed by atoms with Crippen LogP contribution >= 0.6 is 0 Å². The van der Waals surface area contributed by atoms with Crippen LogP contribution in [-0.2, 0) is 0 Å². The Hall–Kier alpha value is -1.23. The zero-order valence-electron chi connectivity index (χ0n) is 9.16. The number of piperidine rings is 1. The van der Waals surface area contributed by atoms with Gasteiger partial charge in [0.15, 0.2) is 5.79 Å². The number of nitrogens with zero attached hydrogens (tertiary/aromatic N) is 2. The summed E-state index contributed by atoms with van der Waals surface area (Å²) in [5.74, 6) is 0.734. The van der Waals surface area contributed by atoms with E-state index in [-0.39, 0.29) is 0 Å². The number of aliphatic imine (C=N–C) groups is 1. The highest BCUT2D eigenvalue weighted by Crippen LogP contribution is 2.16. The second-order valence-corrected chi connectivity index (χ2v) is 4.39. The Labute approximate surface area is 90.2 Å². The monoisotopic (exact) mass is 209 g/mol. The molecule has 0 aromatic rings. The van der Waals surface area contributed by atoms with Crippen molar-refractivity contribution in [2.24, 2.45) is 16.5 Å². The average molecular weight is 209 g/mol. The average Bonchev–Trinajstić information content (AvgIpc) is 2.16. The van der Waals surface area contributed by atoms with E-state index in [1.807, 2.05) is 13.0 Å². The highest BCUT2D eigenvalue weighted by atomic mass is 15.4. The zero-order valence-corrected chi connectivity index (χ0v) is 9.16. The van der Waals surface area contributed by atoms with Gasteiger partial charge < -0.3 is 16.0 Å². The van der Waals surface area contributed by atoms with Crippen molar-refractivity contribution in [2.75, 3.05) is 13.1 Å². The van der Waals surface area contributed by atoms with Gasteiger partial charge in [-0.3, -0.25) is 5.73 Å². The Balaban J connectivity index is 2.12. The van der Waals surface area contributed by atoms with Crippen molar-refractivity contribution in [3.63, 3.8) is 0 Å². The third-order valence-corrected chi connectivity index (χ3v) is 2.72. The van der Waals surface area contributed by atoms with Gasteiger partial charge in [-0.15, -0.1) is 0 Å². The van der Waals surface area contributed by atoms with Gasteiger partial charge in [0.05, 0.1) is 0 Å². The summed E-state index contributed by atoms with van der Waals surface area (Å²) >= 11 is 0. The highest BCUT2D eigenvalue weighted by molar-refractivity contribution is 5.92. The van der Waals surface area contributed by atoms with Crippen LogP contribution in [-0.4, -0.2) is 29.6 Å². The van der Waals surface area contributed by atoms with Crippen molar-refractivity contribution in [1.82, 2.24) is 10.2 Å². The van der Waals surface area contributed by atoms with Gasteiger partial charge in [-0.2, -0.15) is 0 Å². The Kier molecular flexibility index (Phi) is 2.56. The molecule has 1 saturated heterocycles. The lowest BCUT2D eigenvalue weighted by molar-refractivity contribution is 0.240. The summed E-state index contributed by atoms with van der Waals surface area (Å²) in [4.78, 5) is 6.41. The van der Waals surface area contributed by atoms with Gasteiger partial charge in [-0.05, 0) is 26.2 Å². The normalized spacial score (nSPS) is 31.7. The maximum atomic E-state index is 5.92. The van der Waals surface area contributed by atoms with E-state index in [0.717, 1.165) is 18.9 Å². The zero-order chi connectivity index (χ0) is 10.9. The smallest absolute Gasteiger partial charge is 0.182 e. The molecule has 0 spiro atoms. The van der Waals surface area contributed by atoms with E-state index in [1.54, 1.807) is 0 Å². The van der Waals surface area contributed by atoms with Gasteiger partial charge >= 0.3 is 0 Å². The molecule has 0 radical (unpaired) electrons. The number of nitrogens with one attached hydrogen (secondary N) is 1. The Morgan fingerprint density at radius 3 is 2.67 bits per heavy atom. The van der Waals surface area contributed by atoms with Gasteiger partial charge in [0, 0.05) is 19.2 Å². The van der Waals surface area contributed by atoms with Crippen LogP contribution in [0.15, 0.2) is 16.9 Å². The maximum Gasteiger partial charge on any atom is 0.182 e. The fourth-order valence-corrected chi connectivity index (χ4v) is 2.07. The van der Waals surface area contributed by atoms with Gasteiger partial charge in [0.2, 0.25) is 0 Å². The summed E-state index contributed by atoms with van der Waals surface area (Å²) in [6.07, 6.45) is 5.64. The second-order valence-electron chi connectivity index (χ2n) is 4.39. The Bertz CT molecular complexity index is 299. The van der Waals surface area contributed by atoms with Crippen LogP contribution in [0.4, 0.5) is 0 Å². The molecule has 0 aromatic carbocycles. The lowest BCUT2D eigenvalue weighted by Crippen LogP contribution is -2.55. The largest absolute Gasteiger partial charge is 0.384 e. The van der Waals surface area contributed by atoms with E-state index in [0.29, 0.717) is 5.84 Å². The van der Waals surface area contributed by atoms with E-state index in [1.165, 1.54) is 19.3 Å². The van der Waals surface area contributed by atoms with Crippen molar-refractivity contribution < 1.29 is 0 Å². The molecule has 5 N–H and O–H groups in total. The van der Waals surface area contributed by atoms with Crippen molar-refractivity contribution in [3.05, 3.63) is 11.9 Å². The molecule has 0 aromatic heterocycles. The topological polar surface area (TPSA) is 79.7 Å².